The maximum absolute atomic E-state index is 8.78. The van der Waals surface area contributed by atoms with Gasteiger partial charge in [0.15, 0.2) is 0 Å². The number of halogens is 2. The number of ether oxygens (including phenoxy) is 1. The van der Waals surface area contributed by atoms with Crippen LogP contribution in [-0.2, 0) is 6.61 Å². The first-order chi connectivity index (χ1) is 10.6. The Morgan fingerprint density at radius 3 is 2.18 bits per heavy atom. The fourth-order valence-electron chi connectivity index (χ4n) is 1.76. The molecule has 3 nitrogen and oxygen atoms in total. The van der Waals surface area contributed by atoms with Gasteiger partial charge in [0.1, 0.15) is 30.1 Å². The van der Waals surface area contributed by atoms with E-state index in [0.29, 0.717) is 28.0 Å². The molecule has 0 fully saturated rings. The molecule has 0 aromatic heterocycles. The van der Waals surface area contributed by atoms with Crippen LogP contribution in [0.4, 0.5) is 0 Å². The van der Waals surface area contributed by atoms with E-state index in [0.717, 1.165) is 5.56 Å². The van der Waals surface area contributed by atoms with E-state index < -0.39 is 0 Å². The molecule has 0 spiro atoms. The molecule has 5 heteroatoms. The number of rotatable bonds is 4. The summed E-state index contributed by atoms with van der Waals surface area (Å²) in [7, 11) is 0. The second-order valence-electron chi connectivity index (χ2n) is 4.36. The summed E-state index contributed by atoms with van der Waals surface area (Å²) in [6.45, 7) is 0.393. The number of hydrogen-bond donors (Lipinski definition) is 0. The molecule has 0 heterocycles. The molecule has 0 atom stereocenters. The van der Waals surface area contributed by atoms with Crippen molar-refractivity contribution in [3.05, 3.63) is 69.2 Å². The van der Waals surface area contributed by atoms with Crippen molar-refractivity contribution in [1.82, 2.24) is 0 Å². The minimum Gasteiger partial charge on any atom is -0.489 e. The van der Waals surface area contributed by atoms with Crippen LogP contribution in [0.15, 0.2) is 48.0 Å². The molecular formula is C17H10Cl2N2O. The molecule has 2 rings (SSSR count). The number of nitrogens with zero attached hydrogens (tertiary/aromatic N) is 2. The average Bonchev–Trinajstić information content (AvgIpc) is 2.53. The minimum absolute atomic E-state index is 0.0678. The van der Waals surface area contributed by atoms with E-state index in [4.69, 9.17) is 38.5 Å². The van der Waals surface area contributed by atoms with Gasteiger partial charge < -0.3 is 4.74 Å². The quantitative estimate of drug-likeness (QED) is 0.742. The highest BCUT2D eigenvalue weighted by atomic mass is 35.5. The van der Waals surface area contributed by atoms with Crippen LogP contribution in [-0.4, -0.2) is 0 Å². The molecule has 0 radical (unpaired) electrons. The Labute approximate surface area is 138 Å². The van der Waals surface area contributed by atoms with Crippen molar-refractivity contribution in [2.45, 2.75) is 6.61 Å². The molecule has 0 N–H and O–H groups in total. The summed E-state index contributed by atoms with van der Waals surface area (Å²) < 4.78 is 5.65. The van der Waals surface area contributed by atoms with Gasteiger partial charge in [-0.05, 0) is 23.8 Å². The second kappa shape index (κ2) is 7.52. The normalized spacial score (nSPS) is 9.45. The van der Waals surface area contributed by atoms with Crippen LogP contribution in [0.2, 0.25) is 10.0 Å². The van der Waals surface area contributed by atoms with E-state index >= 15 is 0 Å². The summed E-state index contributed by atoms with van der Waals surface area (Å²) >= 11 is 12.3. The van der Waals surface area contributed by atoms with Crippen molar-refractivity contribution < 1.29 is 4.74 Å². The molecule has 2 aromatic rings. The van der Waals surface area contributed by atoms with Gasteiger partial charge in [-0.25, -0.2) is 0 Å². The first kappa shape index (κ1) is 15.9. The lowest BCUT2D eigenvalue weighted by Crippen LogP contribution is -1.95. The van der Waals surface area contributed by atoms with Crippen molar-refractivity contribution in [3.8, 4) is 17.9 Å². The van der Waals surface area contributed by atoms with Crippen LogP contribution in [0, 0.1) is 22.7 Å². The highest BCUT2D eigenvalue weighted by Gasteiger charge is 2.09. The number of allylic oxidation sites excluding steroid dienone is 1. The van der Waals surface area contributed by atoms with E-state index in [1.807, 2.05) is 30.3 Å². The number of hydrogen-bond acceptors (Lipinski definition) is 3. The van der Waals surface area contributed by atoms with Gasteiger partial charge in [0, 0.05) is 5.56 Å². The van der Waals surface area contributed by atoms with Gasteiger partial charge in [-0.1, -0.05) is 53.5 Å². The molecule has 22 heavy (non-hydrogen) atoms. The Morgan fingerprint density at radius 1 is 1.05 bits per heavy atom. The molecule has 108 valence electrons. The van der Waals surface area contributed by atoms with Gasteiger partial charge in [-0.15, -0.1) is 0 Å². The molecule has 0 aliphatic rings. The van der Waals surface area contributed by atoms with Crippen molar-refractivity contribution >= 4 is 29.3 Å². The second-order valence-corrected chi connectivity index (χ2v) is 5.17. The standard InChI is InChI=1S/C17H10Cl2N2O/c18-16-7-14(22-11-12-4-2-1-3-5-12)8-17(19)15(16)6-13(9-20)10-21/h1-8H,11H2. The monoisotopic (exact) mass is 328 g/mol. The summed E-state index contributed by atoms with van der Waals surface area (Å²) in [5.41, 5.74) is 1.38. The zero-order chi connectivity index (χ0) is 15.9. The maximum Gasteiger partial charge on any atom is 0.130 e. The van der Waals surface area contributed by atoms with Crippen LogP contribution < -0.4 is 4.74 Å². The summed E-state index contributed by atoms with van der Waals surface area (Å²) in [5.74, 6) is 0.520. The zero-order valence-electron chi connectivity index (χ0n) is 11.4. The summed E-state index contributed by atoms with van der Waals surface area (Å²) in [4.78, 5) is 0. The summed E-state index contributed by atoms with van der Waals surface area (Å²) in [6, 6.07) is 16.4. The predicted octanol–water partition coefficient (Wildman–Crippen LogP) is 5.00. The third-order valence-electron chi connectivity index (χ3n) is 2.83. The Kier molecular flexibility index (Phi) is 5.44. The maximum atomic E-state index is 8.78. The largest absolute Gasteiger partial charge is 0.489 e. The lowest BCUT2D eigenvalue weighted by molar-refractivity contribution is 0.306. The summed E-state index contributed by atoms with van der Waals surface area (Å²) in [5, 5.41) is 18.2. The van der Waals surface area contributed by atoms with Crippen molar-refractivity contribution in [2.75, 3.05) is 0 Å². The van der Waals surface area contributed by atoms with E-state index in [9.17, 15) is 0 Å². The van der Waals surface area contributed by atoms with Gasteiger partial charge in [0.25, 0.3) is 0 Å². The number of benzene rings is 2. The third-order valence-corrected chi connectivity index (χ3v) is 3.46. The van der Waals surface area contributed by atoms with Crippen molar-refractivity contribution in [1.29, 1.82) is 10.5 Å². The van der Waals surface area contributed by atoms with Crippen LogP contribution in [0.1, 0.15) is 11.1 Å². The lowest BCUT2D eigenvalue weighted by Gasteiger charge is -2.09. The van der Waals surface area contributed by atoms with Crippen LogP contribution in [0.3, 0.4) is 0 Å². The van der Waals surface area contributed by atoms with Gasteiger partial charge in [0.05, 0.1) is 10.0 Å². The number of nitriles is 2. The van der Waals surface area contributed by atoms with Crippen LogP contribution in [0.25, 0.3) is 6.08 Å². The fourth-order valence-corrected chi connectivity index (χ4v) is 2.33. The molecule has 0 aliphatic heterocycles. The minimum atomic E-state index is -0.0678. The van der Waals surface area contributed by atoms with E-state index in [1.54, 1.807) is 24.3 Å². The highest BCUT2D eigenvalue weighted by Crippen LogP contribution is 2.32. The molecule has 0 aliphatic carbocycles. The Balaban J connectivity index is 2.22. The van der Waals surface area contributed by atoms with Gasteiger partial charge in [0.2, 0.25) is 0 Å². The van der Waals surface area contributed by atoms with Gasteiger partial charge >= 0.3 is 0 Å². The smallest absolute Gasteiger partial charge is 0.130 e. The first-order valence-electron chi connectivity index (χ1n) is 6.31. The van der Waals surface area contributed by atoms with E-state index in [-0.39, 0.29) is 5.57 Å². The van der Waals surface area contributed by atoms with Crippen LogP contribution in [0.5, 0.6) is 5.75 Å². The average molecular weight is 329 g/mol. The SMILES string of the molecule is N#CC(C#N)=Cc1c(Cl)cc(OCc2ccccc2)cc1Cl. The van der Waals surface area contributed by atoms with Crippen molar-refractivity contribution in [2.24, 2.45) is 0 Å². The molecule has 0 bridgehead atoms. The first-order valence-corrected chi connectivity index (χ1v) is 7.07. The van der Waals surface area contributed by atoms with Gasteiger partial charge in [-0.2, -0.15) is 10.5 Å². The fraction of sp³-hybridized carbons (Fsp3) is 0.0588. The molecule has 0 unspecified atom stereocenters. The molecule has 0 saturated carbocycles. The topological polar surface area (TPSA) is 56.8 Å². The Hall–Kier alpha value is -2.46. The highest BCUT2D eigenvalue weighted by molar-refractivity contribution is 6.37. The third kappa shape index (κ3) is 4.02. The molecule has 0 amide bonds. The van der Waals surface area contributed by atoms with E-state index in [1.165, 1.54) is 6.08 Å². The Morgan fingerprint density at radius 2 is 1.64 bits per heavy atom. The van der Waals surface area contributed by atoms with E-state index in [2.05, 4.69) is 0 Å². The zero-order valence-corrected chi connectivity index (χ0v) is 12.9. The Bertz CT molecular complexity index is 748. The van der Waals surface area contributed by atoms with Gasteiger partial charge in [-0.3, -0.25) is 0 Å². The molecule has 2 aromatic carbocycles. The van der Waals surface area contributed by atoms with Crippen LogP contribution >= 0.6 is 23.2 Å². The summed E-state index contributed by atoms with van der Waals surface area (Å²) in [6.07, 6.45) is 1.35. The van der Waals surface area contributed by atoms with Crippen molar-refractivity contribution in [3.63, 3.8) is 0 Å². The predicted molar refractivity (Wildman–Crippen MR) is 86.4 cm³/mol. The molecule has 0 saturated heterocycles. The molecular weight excluding hydrogens is 319 g/mol. The lowest BCUT2D eigenvalue weighted by atomic mass is 10.1.